The molecular formula is C60H36N2. The smallest absolute Gasteiger partial charge is 0.0619 e. The first kappa shape index (κ1) is 33.6. The lowest BCUT2D eigenvalue weighted by Crippen LogP contribution is -1.95. The van der Waals surface area contributed by atoms with E-state index in [0.717, 1.165) is 5.69 Å². The molecule has 2 nitrogen and oxygen atoms in total. The zero-order chi connectivity index (χ0) is 40.5. The SMILES string of the molecule is c1ccc(-n2c3ccccc3c3cc(-c4ccc5c(c4)c4ccc6ccccc6c4n5-c4ccc5ccc(-c6ccc7c(c6)-c6cccc8cccc-7c68)cc5c4)ccc32)cc1. The molecule has 286 valence electrons. The Kier molecular flexibility index (Phi) is 6.86. The molecular weight excluding hydrogens is 749 g/mol. The van der Waals surface area contributed by atoms with Gasteiger partial charge < -0.3 is 9.13 Å². The Labute approximate surface area is 357 Å². The highest BCUT2D eigenvalue weighted by Crippen LogP contribution is 2.48. The van der Waals surface area contributed by atoms with Crippen LogP contribution in [-0.2, 0) is 0 Å². The van der Waals surface area contributed by atoms with Crippen molar-refractivity contribution in [1.82, 2.24) is 9.13 Å². The maximum absolute atomic E-state index is 2.49. The predicted molar refractivity (Wildman–Crippen MR) is 263 cm³/mol. The van der Waals surface area contributed by atoms with Gasteiger partial charge in [0.15, 0.2) is 0 Å². The number of para-hydroxylation sites is 2. The van der Waals surface area contributed by atoms with E-state index in [9.17, 15) is 0 Å². The van der Waals surface area contributed by atoms with Crippen molar-refractivity contribution in [1.29, 1.82) is 0 Å². The van der Waals surface area contributed by atoms with Gasteiger partial charge in [-0.15, -0.1) is 0 Å². The van der Waals surface area contributed by atoms with Crippen LogP contribution in [0.2, 0.25) is 0 Å². The Morgan fingerprint density at radius 2 is 0.839 bits per heavy atom. The van der Waals surface area contributed by atoms with Gasteiger partial charge in [-0.05, 0) is 138 Å². The molecule has 2 heterocycles. The molecule has 0 unspecified atom stereocenters. The number of hydrogen-bond donors (Lipinski definition) is 0. The molecule has 62 heavy (non-hydrogen) atoms. The summed E-state index contributed by atoms with van der Waals surface area (Å²) < 4.78 is 4.88. The van der Waals surface area contributed by atoms with Crippen molar-refractivity contribution in [2.24, 2.45) is 0 Å². The van der Waals surface area contributed by atoms with Gasteiger partial charge in [-0.3, -0.25) is 0 Å². The number of nitrogens with zero attached hydrogens (tertiary/aromatic N) is 2. The van der Waals surface area contributed by atoms with Crippen LogP contribution in [0.4, 0.5) is 0 Å². The molecule has 0 bridgehead atoms. The number of benzene rings is 11. The number of rotatable bonds is 4. The Bertz CT molecular complexity index is 4030. The standard InChI is InChI=1S/C60H36N2/c1-2-13-45(14-3-1)61-56-19-7-6-16-49(56)54-35-42(25-30-57(54)61)43-26-31-58-55(36-43)52-29-23-38-10-4-5-15-47(38)60(52)62(58)46-27-22-37-20-21-40(32-44(37)33-46)41-24-28-48-50-17-8-11-39-12-9-18-51(59(39)50)53(48)34-41/h1-36H. The molecule has 0 saturated heterocycles. The fourth-order valence-electron chi connectivity index (χ4n) is 10.8. The molecule has 11 aromatic carbocycles. The minimum Gasteiger partial charge on any atom is -0.309 e. The highest BCUT2D eigenvalue weighted by Gasteiger charge is 2.22. The lowest BCUT2D eigenvalue weighted by molar-refractivity contribution is 1.18. The maximum atomic E-state index is 2.49. The average Bonchev–Trinajstić information content (AvgIpc) is 3.97. The van der Waals surface area contributed by atoms with E-state index in [4.69, 9.17) is 0 Å². The average molecular weight is 785 g/mol. The summed E-state index contributed by atoms with van der Waals surface area (Å²) in [6, 6.07) is 81.1. The van der Waals surface area contributed by atoms with Gasteiger partial charge in [-0.2, -0.15) is 0 Å². The van der Waals surface area contributed by atoms with E-state index in [1.165, 1.54) is 126 Å². The number of aromatic nitrogens is 2. The molecule has 0 fully saturated rings. The molecule has 0 N–H and O–H groups in total. The van der Waals surface area contributed by atoms with Crippen LogP contribution in [0.3, 0.4) is 0 Å². The summed E-state index contributed by atoms with van der Waals surface area (Å²) >= 11 is 0. The van der Waals surface area contributed by atoms with Crippen LogP contribution in [0, 0.1) is 0 Å². The maximum Gasteiger partial charge on any atom is 0.0619 e. The first-order valence-corrected chi connectivity index (χ1v) is 21.5. The molecule has 2 heteroatoms. The normalized spacial score (nSPS) is 12.2. The monoisotopic (exact) mass is 784 g/mol. The summed E-state index contributed by atoms with van der Waals surface area (Å²) in [6.45, 7) is 0. The second-order valence-electron chi connectivity index (χ2n) is 16.9. The van der Waals surface area contributed by atoms with E-state index in [1.807, 2.05) is 0 Å². The molecule has 1 aliphatic rings. The number of hydrogen-bond acceptors (Lipinski definition) is 0. The van der Waals surface area contributed by atoms with Gasteiger partial charge in [0.1, 0.15) is 0 Å². The second kappa shape index (κ2) is 12.7. The van der Waals surface area contributed by atoms with Crippen molar-refractivity contribution in [2.45, 2.75) is 0 Å². The molecule has 0 radical (unpaired) electrons. The van der Waals surface area contributed by atoms with Crippen LogP contribution in [-0.4, -0.2) is 9.13 Å². The molecule has 0 atom stereocenters. The van der Waals surface area contributed by atoms with Gasteiger partial charge in [0.2, 0.25) is 0 Å². The van der Waals surface area contributed by atoms with Crippen molar-refractivity contribution < 1.29 is 0 Å². The van der Waals surface area contributed by atoms with Crippen molar-refractivity contribution in [3.63, 3.8) is 0 Å². The Balaban J connectivity index is 0.929. The topological polar surface area (TPSA) is 9.86 Å². The van der Waals surface area contributed by atoms with Crippen LogP contribution < -0.4 is 0 Å². The number of fused-ring (bicyclic) bond motifs is 12. The summed E-state index contributed by atoms with van der Waals surface area (Å²) in [5.41, 5.74) is 17.4. The van der Waals surface area contributed by atoms with E-state index in [2.05, 4.69) is 228 Å². The van der Waals surface area contributed by atoms with E-state index in [1.54, 1.807) is 0 Å². The summed E-state index contributed by atoms with van der Waals surface area (Å²) in [7, 11) is 0. The second-order valence-corrected chi connectivity index (χ2v) is 16.9. The third-order valence-electron chi connectivity index (χ3n) is 13.6. The fraction of sp³-hybridized carbons (Fsp3) is 0. The minimum absolute atomic E-state index is 1.16. The quantitative estimate of drug-likeness (QED) is 0.168. The summed E-state index contributed by atoms with van der Waals surface area (Å²) in [4.78, 5) is 0. The van der Waals surface area contributed by atoms with Crippen molar-refractivity contribution in [3.8, 4) is 55.9 Å². The van der Waals surface area contributed by atoms with Crippen LogP contribution in [0.5, 0.6) is 0 Å². The fourth-order valence-corrected chi connectivity index (χ4v) is 10.8. The van der Waals surface area contributed by atoms with Gasteiger partial charge in [0, 0.05) is 38.3 Å². The van der Waals surface area contributed by atoms with E-state index < -0.39 is 0 Å². The van der Waals surface area contributed by atoms with Gasteiger partial charge >= 0.3 is 0 Å². The van der Waals surface area contributed by atoms with Gasteiger partial charge in [-0.25, -0.2) is 0 Å². The first-order valence-electron chi connectivity index (χ1n) is 21.5. The van der Waals surface area contributed by atoms with Crippen molar-refractivity contribution >= 4 is 75.9 Å². The summed E-state index contributed by atoms with van der Waals surface area (Å²) in [5, 5.41) is 12.6. The molecule has 1 aliphatic carbocycles. The largest absolute Gasteiger partial charge is 0.309 e. The molecule has 0 aliphatic heterocycles. The predicted octanol–water partition coefficient (Wildman–Crippen LogP) is 16.3. The van der Waals surface area contributed by atoms with E-state index in [0.29, 0.717) is 0 Å². The third kappa shape index (κ3) is 4.75. The molecule has 13 aromatic rings. The Morgan fingerprint density at radius 3 is 1.68 bits per heavy atom. The van der Waals surface area contributed by atoms with Gasteiger partial charge in [-0.1, -0.05) is 152 Å². The summed E-state index contributed by atoms with van der Waals surface area (Å²) in [5.74, 6) is 0. The van der Waals surface area contributed by atoms with Crippen LogP contribution in [0.1, 0.15) is 0 Å². The third-order valence-corrected chi connectivity index (χ3v) is 13.6. The molecule has 0 saturated carbocycles. The van der Waals surface area contributed by atoms with Gasteiger partial charge in [0.25, 0.3) is 0 Å². The van der Waals surface area contributed by atoms with Gasteiger partial charge in [0.05, 0.1) is 22.1 Å². The van der Waals surface area contributed by atoms with Crippen LogP contribution in [0.15, 0.2) is 218 Å². The van der Waals surface area contributed by atoms with E-state index in [-0.39, 0.29) is 0 Å². The lowest BCUT2D eigenvalue weighted by Gasteiger charge is -2.13. The first-order chi connectivity index (χ1) is 30.7. The van der Waals surface area contributed by atoms with Crippen molar-refractivity contribution in [2.75, 3.05) is 0 Å². The highest BCUT2D eigenvalue weighted by molar-refractivity contribution is 6.20. The summed E-state index contributed by atoms with van der Waals surface area (Å²) in [6.07, 6.45) is 0. The van der Waals surface area contributed by atoms with E-state index >= 15 is 0 Å². The zero-order valence-electron chi connectivity index (χ0n) is 33.7. The molecule has 14 rings (SSSR count). The lowest BCUT2D eigenvalue weighted by atomic mass is 9.96. The Hall–Kier alpha value is -8.20. The Morgan fingerprint density at radius 1 is 0.242 bits per heavy atom. The zero-order valence-corrected chi connectivity index (χ0v) is 33.7. The van der Waals surface area contributed by atoms with Crippen LogP contribution >= 0.6 is 0 Å². The minimum atomic E-state index is 1.16. The van der Waals surface area contributed by atoms with Crippen molar-refractivity contribution in [3.05, 3.63) is 218 Å². The highest BCUT2D eigenvalue weighted by atomic mass is 15.0. The molecule has 0 amide bonds. The molecule has 2 aromatic heterocycles. The van der Waals surface area contributed by atoms with Crippen LogP contribution in [0.25, 0.3) is 132 Å². The molecule has 0 spiro atoms.